The highest BCUT2D eigenvalue weighted by atomic mass is 16.5. The summed E-state index contributed by atoms with van der Waals surface area (Å²) in [6.07, 6.45) is 0.759. The summed E-state index contributed by atoms with van der Waals surface area (Å²) in [6.45, 7) is 10.9. The lowest BCUT2D eigenvalue weighted by molar-refractivity contribution is -0.139. The number of hydrogen-bond acceptors (Lipinski definition) is 3. The summed E-state index contributed by atoms with van der Waals surface area (Å²) in [5.41, 5.74) is 0. The van der Waals surface area contributed by atoms with Crippen molar-refractivity contribution < 1.29 is 14.6 Å². The van der Waals surface area contributed by atoms with E-state index in [1.165, 1.54) is 0 Å². The molecule has 1 fully saturated rings. The highest BCUT2D eigenvalue weighted by Gasteiger charge is 2.43. The quantitative estimate of drug-likeness (QED) is 0.815. The molecule has 0 bridgehead atoms. The molecular weight excluding hydrogens is 230 g/mol. The molecule has 4 unspecified atom stereocenters. The van der Waals surface area contributed by atoms with Crippen LogP contribution in [0, 0.1) is 11.8 Å². The highest BCUT2D eigenvalue weighted by Crippen LogP contribution is 2.33. The Hall–Kier alpha value is -0.610. The monoisotopic (exact) mass is 257 g/mol. The molecule has 0 aliphatic carbocycles. The summed E-state index contributed by atoms with van der Waals surface area (Å²) in [5.74, 6) is 0.367. The molecule has 0 radical (unpaired) electrons. The van der Waals surface area contributed by atoms with Gasteiger partial charge in [-0.3, -0.25) is 4.79 Å². The van der Waals surface area contributed by atoms with Crippen molar-refractivity contribution in [3.63, 3.8) is 0 Å². The van der Waals surface area contributed by atoms with E-state index < -0.39 is 0 Å². The van der Waals surface area contributed by atoms with Gasteiger partial charge in [-0.1, -0.05) is 6.92 Å². The van der Waals surface area contributed by atoms with Gasteiger partial charge in [0.05, 0.1) is 18.1 Å². The lowest BCUT2D eigenvalue weighted by Gasteiger charge is -2.31. The lowest BCUT2D eigenvalue weighted by atomic mass is 9.88. The fourth-order valence-corrected chi connectivity index (χ4v) is 2.75. The van der Waals surface area contributed by atoms with E-state index in [-0.39, 0.29) is 42.6 Å². The number of hydrogen-bond donors (Lipinski definition) is 1. The van der Waals surface area contributed by atoms with E-state index in [0.717, 1.165) is 0 Å². The molecule has 4 heteroatoms. The van der Waals surface area contributed by atoms with Crippen LogP contribution in [0.3, 0.4) is 0 Å². The lowest BCUT2D eigenvalue weighted by Crippen LogP contribution is -2.45. The van der Waals surface area contributed by atoms with Crippen molar-refractivity contribution in [1.82, 2.24) is 4.90 Å². The summed E-state index contributed by atoms with van der Waals surface area (Å²) >= 11 is 0. The molecule has 0 spiro atoms. The standard InChI is InChI=1S/C14H27NO3/c1-9(2)15(7-6-8-16)14(17)13-10(3)11(4)18-12(13)5/h9-13,16H,6-8H2,1-5H3. The Labute approximate surface area is 110 Å². The maximum Gasteiger partial charge on any atom is 0.228 e. The fourth-order valence-electron chi connectivity index (χ4n) is 2.75. The molecule has 1 heterocycles. The summed E-state index contributed by atoms with van der Waals surface area (Å²) in [5, 5.41) is 8.93. The van der Waals surface area contributed by atoms with Gasteiger partial charge in [-0.25, -0.2) is 0 Å². The van der Waals surface area contributed by atoms with E-state index in [9.17, 15) is 4.79 Å². The maximum absolute atomic E-state index is 12.6. The van der Waals surface area contributed by atoms with Crippen molar-refractivity contribution in [2.45, 2.75) is 59.3 Å². The minimum atomic E-state index is -0.0545. The average molecular weight is 257 g/mol. The van der Waals surface area contributed by atoms with Crippen LogP contribution in [0.15, 0.2) is 0 Å². The van der Waals surface area contributed by atoms with Crippen LogP contribution in [-0.2, 0) is 9.53 Å². The Bertz CT molecular complexity index is 280. The molecule has 1 amide bonds. The Balaban J connectivity index is 2.76. The van der Waals surface area contributed by atoms with Gasteiger partial charge >= 0.3 is 0 Å². The Morgan fingerprint density at radius 3 is 2.28 bits per heavy atom. The van der Waals surface area contributed by atoms with Crippen molar-refractivity contribution in [2.75, 3.05) is 13.2 Å². The van der Waals surface area contributed by atoms with Gasteiger partial charge < -0.3 is 14.7 Å². The first-order valence-electron chi connectivity index (χ1n) is 6.97. The number of aliphatic hydroxyl groups excluding tert-OH is 1. The topological polar surface area (TPSA) is 49.8 Å². The summed E-state index contributed by atoms with van der Waals surface area (Å²) in [6, 6.07) is 0.166. The van der Waals surface area contributed by atoms with Gasteiger partial charge in [-0.05, 0) is 40.0 Å². The zero-order valence-electron chi connectivity index (χ0n) is 12.2. The number of aliphatic hydroxyl groups is 1. The Morgan fingerprint density at radius 1 is 1.28 bits per heavy atom. The second kappa shape index (κ2) is 6.53. The van der Waals surface area contributed by atoms with Gasteiger partial charge in [0, 0.05) is 19.2 Å². The van der Waals surface area contributed by atoms with Crippen molar-refractivity contribution in [3.05, 3.63) is 0 Å². The van der Waals surface area contributed by atoms with Crippen LogP contribution in [-0.4, -0.2) is 47.3 Å². The number of ether oxygens (including phenoxy) is 1. The van der Waals surface area contributed by atoms with E-state index in [4.69, 9.17) is 9.84 Å². The average Bonchev–Trinajstić information content (AvgIpc) is 2.53. The number of rotatable bonds is 5. The van der Waals surface area contributed by atoms with Crippen LogP contribution < -0.4 is 0 Å². The second-order valence-corrected chi connectivity index (χ2v) is 5.63. The molecule has 18 heavy (non-hydrogen) atoms. The van der Waals surface area contributed by atoms with E-state index >= 15 is 0 Å². The molecule has 1 rings (SSSR count). The number of carbonyl (C=O) groups excluding carboxylic acids is 1. The van der Waals surface area contributed by atoms with Crippen LogP contribution in [0.1, 0.15) is 41.0 Å². The largest absolute Gasteiger partial charge is 0.396 e. The summed E-state index contributed by atoms with van der Waals surface area (Å²) < 4.78 is 5.74. The van der Waals surface area contributed by atoms with Gasteiger partial charge in [0.1, 0.15) is 0 Å². The number of amides is 1. The van der Waals surface area contributed by atoms with Gasteiger partial charge in [0.25, 0.3) is 0 Å². The van der Waals surface area contributed by atoms with Gasteiger partial charge in [-0.15, -0.1) is 0 Å². The molecule has 0 aromatic rings. The second-order valence-electron chi connectivity index (χ2n) is 5.63. The summed E-state index contributed by atoms with van der Waals surface area (Å²) in [7, 11) is 0. The molecule has 1 aliphatic heterocycles. The number of carbonyl (C=O) groups is 1. The van der Waals surface area contributed by atoms with Crippen molar-refractivity contribution in [3.8, 4) is 0 Å². The molecule has 1 N–H and O–H groups in total. The first-order valence-corrected chi connectivity index (χ1v) is 6.97. The van der Waals surface area contributed by atoms with Crippen molar-refractivity contribution in [2.24, 2.45) is 11.8 Å². The SMILES string of the molecule is CC1OC(C)C(C(=O)N(CCCO)C(C)C)C1C. The third kappa shape index (κ3) is 3.23. The third-order valence-corrected chi connectivity index (χ3v) is 3.99. The summed E-state index contributed by atoms with van der Waals surface area (Å²) in [4.78, 5) is 14.5. The van der Waals surface area contributed by atoms with Gasteiger partial charge in [0.15, 0.2) is 0 Å². The van der Waals surface area contributed by atoms with E-state index in [2.05, 4.69) is 6.92 Å². The highest BCUT2D eigenvalue weighted by molar-refractivity contribution is 5.80. The zero-order chi connectivity index (χ0) is 13.9. The van der Waals surface area contributed by atoms with Crippen molar-refractivity contribution >= 4 is 5.91 Å². The van der Waals surface area contributed by atoms with Crippen LogP contribution in [0.2, 0.25) is 0 Å². The van der Waals surface area contributed by atoms with E-state index in [0.29, 0.717) is 13.0 Å². The van der Waals surface area contributed by atoms with Crippen LogP contribution >= 0.6 is 0 Å². The predicted molar refractivity (Wildman–Crippen MR) is 71.2 cm³/mol. The van der Waals surface area contributed by atoms with Crippen LogP contribution in [0.5, 0.6) is 0 Å². The Kier molecular flexibility index (Phi) is 5.60. The third-order valence-electron chi connectivity index (χ3n) is 3.99. The minimum Gasteiger partial charge on any atom is -0.396 e. The van der Waals surface area contributed by atoms with E-state index in [1.54, 1.807) is 0 Å². The van der Waals surface area contributed by atoms with Crippen LogP contribution in [0.4, 0.5) is 0 Å². The molecule has 0 aromatic heterocycles. The molecule has 4 atom stereocenters. The van der Waals surface area contributed by atoms with Crippen LogP contribution in [0.25, 0.3) is 0 Å². The molecule has 0 saturated carbocycles. The molecule has 4 nitrogen and oxygen atoms in total. The first-order chi connectivity index (χ1) is 8.40. The first kappa shape index (κ1) is 15.4. The molecule has 1 aliphatic rings. The normalized spacial score (nSPS) is 31.9. The van der Waals surface area contributed by atoms with Crippen molar-refractivity contribution in [1.29, 1.82) is 0 Å². The van der Waals surface area contributed by atoms with E-state index in [1.807, 2.05) is 32.6 Å². The zero-order valence-corrected chi connectivity index (χ0v) is 12.2. The Morgan fingerprint density at radius 2 is 1.89 bits per heavy atom. The smallest absolute Gasteiger partial charge is 0.228 e. The molecule has 1 saturated heterocycles. The molecular formula is C14H27NO3. The van der Waals surface area contributed by atoms with Gasteiger partial charge in [0.2, 0.25) is 5.91 Å². The molecule has 106 valence electrons. The maximum atomic E-state index is 12.6. The predicted octanol–water partition coefficient (Wildman–Crippen LogP) is 1.67. The number of nitrogens with zero attached hydrogens (tertiary/aromatic N) is 1. The van der Waals surface area contributed by atoms with Gasteiger partial charge in [-0.2, -0.15) is 0 Å². The fraction of sp³-hybridized carbons (Fsp3) is 0.929. The molecule has 0 aromatic carbocycles. The minimum absolute atomic E-state index is 0.0159.